The van der Waals surface area contributed by atoms with Crippen molar-refractivity contribution in [3.63, 3.8) is 0 Å². The predicted octanol–water partition coefficient (Wildman–Crippen LogP) is 3.11. The summed E-state index contributed by atoms with van der Waals surface area (Å²) < 4.78 is 5.34. The minimum Gasteiger partial charge on any atom is -0.501 e. The number of hydrogen-bond acceptors (Lipinski definition) is 3. The monoisotopic (exact) mass is 300 g/mol. The van der Waals surface area contributed by atoms with Gasteiger partial charge in [-0.15, -0.1) is 0 Å². The molecule has 4 nitrogen and oxygen atoms in total. The molecule has 0 aliphatic carbocycles. The topological polar surface area (TPSA) is 32.8 Å². The fourth-order valence-corrected chi connectivity index (χ4v) is 3.27. The number of anilines is 1. The lowest BCUT2D eigenvalue weighted by Crippen LogP contribution is -2.32. The van der Waals surface area contributed by atoms with Gasteiger partial charge in [0.2, 0.25) is 0 Å². The first-order valence-corrected chi connectivity index (χ1v) is 8.06. The first-order valence-electron chi connectivity index (χ1n) is 8.06. The molecule has 2 aliphatic heterocycles. The number of carbonyl (C=O) groups is 1. The summed E-state index contributed by atoms with van der Waals surface area (Å²) in [5.74, 6) is 0.150. The van der Waals surface area contributed by atoms with E-state index in [9.17, 15) is 4.79 Å². The first kappa shape index (κ1) is 14.9. The van der Waals surface area contributed by atoms with Crippen LogP contribution in [0, 0.1) is 0 Å². The van der Waals surface area contributed by atoms with Crippen LogP contribution in [0.3, 0.4) is 0 Å². The zero-order valence-electron chi connectivity index (χ0n) is 13.4. The van der Waals surface area contributed by atoms with Crippen molar-refractivity contribution in [1.82, 2.24) is 4.90 Å². The van der Waals surface area contributed by atoms with Gasteiger partial charge in [0.25, 0.3) is 5.91 Å². The molecule has 3 rings (SSSR count). The maximum atomic E-state index is 12.8. The Bertz CT molecular complexity index is 580. The number of likely N-dealkylation sites (tertiary alicyclic amines) is 1. The van der Waals surface area contributed by atoms with Gasteiger partial charge in [0.15, 0.2) is 0 Å². The Kier molecular flexibility index (Phi) is 4.36. The van der Waals surface area contributed by atoms with Crippen LogP contribution >= 0.6 is 0 Å². The van der Waals surface area contributed by atoms with E-state index in [1.807, 2.05) is 19.0 Å². The second-order valence-electron chi connectivity index (χ2n) is 6.26. The fourth-order valence-electron chi connectivity index (χ4n) is 3.27. The van der Waals surface area contributed by atoms with Gasteiger partial charge in [0, 0.05) is 26.3 Å². The molecule has 2 aliphatic rings. The van der Waals surface area contributed by atoms with Crippen LogP contribution in [0.25, 0.3) is 0 Å². The third-order valence-electron chi connectivity index (χ3n) is 4.49. The zero-order chi connectivity index (χ0) is 15.5. The van der Waals surface area contributed by atoms with Gasteiger partial charge in [0.1, 0.15) is 0 Å². The van der Waals surface area contributed by atoms with Crippen molar-refractivity contribution in [2.75, 3.05) is 32.1 Å². The van der Waals surface area contributed by atoms with Crippen LogP contribution in [0.1, 0.15) is 37.3 Å². The van der Waals surface area contributed by atoms with E-state index in [2.05, 4.69) is 29.2 Å². The van der Waals surface area contributed by atoms with Crippen molar-refractivity contribution >= 4 is 11.6 Å². The molecule has 1 fully saturated rings. The summed E-state index contributed by atoms with van der Waals surface area (Å²) in [7, 11) is 4.09. The molecule has 0 radical (unpaired) electrons. The van der Waals surface area contributed by atoms with Crippen LogP contribution in [-0.2, 0) is 9.53 Å². The Morgan fingerprint density at radius 3 is 2.91 bits per heavy atom. The summed E-state index contributed by atoms with van der Waals surface area (Å²) in [6, 6.07) is 8.70. The Balaban J connectivity index is 1.82. The van der Waals surface area contributed by atoms with Crippen LogP contribution in [-0.4, -0.2) is 38.1 Å². The number of ether oxygens (including phenoxy) is 1. The van der Waals surface area contributed by atoms with E-state index >= 15 is 0 Å². The Hall–Kier alpha value is -1.97. The molecule has 0 saturated carbocycles. The minimum absolute atomic E-state index is 0.150. The van der Waals surface area contributed by atoms with Crippen molar-refractivity contribution in [2.45, 2.75) is 31.7 Å². The van der Waals surface area contributed by atoms with Crippen molar-refractivity contribution < 1.29 is 9.53 Å². The number of carbonyl (C=O) groups excluding carboxylic acids is 1. The molecule has 1 saturated heterocycles. The lowest BCUT2D eigenvalue weighted by atomic mass is 10.0. The maximum Gasteiger partial charge on any atom is 0.253 e. The van der Waals surface area contributed by atoms with Crippen LogP contribution < -0.4 is 4.90 Å². The van der Waals surface area contributed by atoms with E-state index in [1.54, 1.807) is 6.26 Å². The van der Waals surface area contributed by atoms with Crippen molar-refractivity contribution in [3.8, 4) is 0 Å². The van der Waals surface area contributed by atoms with Crippen LogP contribution in [0.5, 0.6) is 0 Å². The molecule has 0 spiro atoms. The largest absolute Gasteiger partial charge is 0.501 e. The zero-order valence-corrected chi connectivity index (χ0v) is 13.4. The molecule has 1 atom stereocenters. The summed E-state index contributed by atoms with van der Waals surface area (Å²) >= 11 is 0. The van der Waals surface area contributed by atoms with E-state index in [0.29, 0.717) is 0 Å². The highest BCUT2D eigenvalue weighted by Crippen LogP contribution is 2.35. The van der Waals surface area contributed by atoms with E-state index in [-0.39, 0.29) is 11.9 Å². The van der Waals surface area contributed by atoms with Gasteiger partial charge in [-0.3, -0.25) is 4.79 Å². The summed E-state index contributed by atoms with van der Waals surface area (Å²) in [6.07, 6.45) is 5.54. The molecule has 1 unspecified atom stereocenters. The highest BCUT2D eigenvalue weighted by atomic mass is 16.5. The highest BCUT2D eigenvalue weighted by molar-refractivity contribution is 5.93. The SMILES string of the molecule is CN(C)c1cccc(C2CCCN2C(=O)C2=COCCC2)c1. The Labute approximate surface area is 132 Å². The summed E-state index contributed by atoms with van der Waals surface area (Å²) in [5.41, 5.74) is 3.23. The van der Waals surface area contributed by atoms with Crippen molar-refractivity contribution in [2.24, 2.45) is 0 Å². The Morgan fingerprint density at radius 2 is 2.18 bits per heavy atom. The number of nitrogens with zero attached hydrogens (tertiary/aromatic N) is 2. The normalized spacial score (nSPS) is 21.3. The van der Waals surface area contributed by atoms with Gasteiger partial charge in [0.05, 0.1) is 24.5 Å². The molecule has 1 aromatic rings. The Morgan fingerprint density at radius 1 is 1.32 bits per heavy atom. The molecular formula is C18H24N2O2. The third kappa shape index (κ3) is 2.96. The predicted molar refractivity (Wildman–Crippen MR) is 87.7 cm³/mol. The average Bonchev–Trinajstić information content (AvgIpc) is 3.04. The number of amides is 1. The van der Waals surface area contributed by atoms with Crippen LogP contribution in [0.2, 0.25) is 0 Å². The molecule has 22 heavy (non-hydrogen) atoms. The van der Waals surface area contributed by atoms with E-state index in [0.717, 1.165) is 44.4 Å². The molecule has 1 aromatic carbocycles. The second-order valence-corrected chi connectivity index (χ2v) is 6.26. The van der Waals surface area contributed by atoms with E-state index < -0.39 is 0 Å². The minimum atomic E-state index is 0.150. The quantitative estimate of drug-likeness (QED) is 0.860. The fraction of sp³-hybridized carbons (Fsp3) is 0.500. The van der Waals surface area contributed by atoms with Gasteiger partial charge in [-0.1, -0.05) is 12.1 Å². The molecular weight excluding hydrogens is 276 g/mol. The van der Waals surface area contributed by atoms with Gasteiger partial charge in [-0.25, -0.2) is 0 Å². The van der Waals surface area contributed by atoms with E-state index in [1.165, 1.54) is 11.3 Å². The lowest BCUT2D eigenvalue weighted by Gasteiger charge is -2.27. The average molecular weight is 300 g/mol. The number of hydrogen-bond donors (Lipinski definition) is 0. The number of rotatable bonds is 3. The van der Waals surface area contributed by atoms with Crippen molar-refractivity contribution in [1.29, 1.82) is 0 Å². The van der Waals surface area contributed by atoms with Crippen LogP contribution in [0.15, 0.2) is 36.1 Å². The maximum absolute atomic E-state index is 12.8. The first-order chi connectivity index (χ1) is 10.7. The molecule has 118 valence electrons. The molecule has 0 N–H and O–H groups in total. The lowest BCUT2D eigenvalue weighted by molar-refractivity contribution is -0.128. The van der Waals surface area contributed by atoms with Gasteiger partial charge < -0.3 is 14.5 Å². The van der Waals surface area contributed by atoms with Gasteiger partial charge >= 0.3 is 0 Å². The van der Waals surface area contributed by atoms with Gasteiger partial charge in [-0.05, 0) is 43.4 Å². The highest BCUT2D eigenvalue weighted by Gasteiger charge is 2.32. The molecule has 0 bridgehead atoms. The standard InChI is InChI=1S/C18H24N2O2/c1-19(2)16-8-3-6-14(12-16)17-9-4-10-20(17)18(21)15-7-5-11-22-13-15/h3,6,8,12-13,17H,4-5,7,9-11H2,1-2H3. The number of benzene rings is 1. The molecule has 2 heterocycles. The van der Waals surface area contributed by atoms with Crippen LogP contribution in [0.4, 0.5) is 5.69 Å². The summed E-state index contributed by atoms with van der Waals surface area (Å²) in [6.45, 7) is 1.57. The van der Waals surface area contributed by atoms with Crippen molar-refractivity contribution in [3.05, 3.63) is 41.7 Å². The molecule has 4 heteroatoms. The smallest absolute Gasteiger partial charge is 0.253 e. The second kappa shape index (κ2) is 6.42. The molecule has 0 aromatic heterocycles. The summed E-state index contributed by atoms with van der Waals surface area (Å²) in [5, 5.41) is 0. The third-order valence-corrected chi connectivity index (χ3v) is 4.49. The van der Waals surface area contributed by atoms with Gasteiger partial charge in [-0.2, -0.15) is 0 Å². The summed E-state index contributed by atoms with van der Waals surface area (Å²) in [4.78, 5) is 16.9. The molecule has 1 amide bonds. The van der Waals surface area contributed by atoms with E-state index in [4.69, 9.17) is 4.74 Å².